The molecule has 0 aliphatic rings. The lowest BCUT2D eigenvalue weighted by atomic mass is 9.98. The summed E-state index contributed by atoms with van der Waals surface area (Å²) >= 11 is 0. The molecule has 0 fully saturated rings. The zero-order valence-corrected chi connectivity index (χ0v) is 9.93. The Bertz CT molecular complexity index is 500. The van der Waals surface area contributed by atoms with Crippen molar-refractivity contribution in [2.24, 2.45) is 0 Å². The Morgan fingerprint density at radius 1 is 1.11 bits per heavy atom. The zero-order valence-electron chi connectivity index (χ0n) is 9.93. The predicted molar refractivity (Wildman–Crippen MR) is 65.8 cm³/mol. The van der Waals surface area contributed by atoms with E-state index < -0.39 is 12.1 Å². The van der Waals surface area contributed by atoms with E-state index in [-0.39, 0.29) is 12.1 Å². The number of aromatic nitrogens is 2. The van der Waals surface area contributed by atoms with Crippen LogP contribution in [0.2, 0.25) is 0 Å². The summed E-state index contributed by atoms with van der Waals surface area (Å²) in [5.41, 5.74) is 0.228. The Morgan fingerprint density at radius 3 is 2.42 bits per heavy atom. The molecule has 1 aromatic heterocycles. The monoisotopic (exact) mass is 267 g/mol. The van der Waals surface area contributed by atoms with E-state index in [0.29, 0.717) is 5.82 Å². The number of hydrogen-bond acceptors (Lipinski definition) is 3. The van der Waals surface area contributed by atoms with Crippen molar-refractivity contribution in [1.29, 1.82) is 0 Å². The standard InChI is InChI=1S/C13H12F3N3/c14-13(15,16)11(10-4-2-1-3-5-10)8-19-12-9-17-6-7-18-12/h1-7,9,11H,8H2,(H,18,19)/t11-/m1/s1. The van der Waals surface area contributed by atoms with Gasteiger partial charge in [-0.25, -0.2) is 4.98 Å². The first-order valence-corrected chi connectivity index (χ1v) is 5.69. The van der Waals surface area contributed by atoms with Crippen LogP contribution in [0.1, 0.15) is 11.5 Å². The van der Waals surface area contributed by atoms with Crippen molar-refractivity contribution in [2.45, 2.75) is 12.1 Å². The molecule has 0 saturated carbocycles. The molecule has 3 nitrogen and oxygen atoms in total. The second-order valence-corrected chi connectivity index (χ2v) is 3.98. The number of nitrogens with one attached hydrogen (secondary N) is 1. The van der Waals surface area contributed by atoms with Gasteiger partial charge in [-0.1, -0.05) is 30.3 Å². The molecule has 0 saturated heterocycles. The summed E-state index contributed by atoms with van der Waals surface area (Å²) in [5, 5.41) is 2.66. The van der Waals surface area contributed by atoms with Gasteiger partial charge < -0.3 is 5.32 Å². The smallest absolute Gasteiger partial charge is 0.368 e. The van der Waals surface area contributed by atoms with Crippen LogP contribution in [0, 0.1) is 0 Å². The normalized spacial score (nSPS) is 13.0. The maximum absolute atomic E-state index is 13.0. The summed E-state index contributed by atoms with van der Waals surface area (Å²) in [6.07, 6.45) is -0.0357. The van der Waals surface area contributed by atoms with Gasteiger partial charge in [0.05, 0.1) is 12.1 Å². The van der Waals surface area contributed by atoms with Gasteiger partial charge in [0.15, 0.2) is 0 Å². The van der Waals surface area contributed by atoms with E-state index in [1.54, 1.807) is 18.2 Å². The third-order valence-corrected chi connectivity index (χ3v) is 2.65. The van der Waals surface area contributed by atoms with Crippen molar-refractivity contribution in [3.8, 4) is 0 Å². The molecule has 19 heavy (non-hydrogen) atoms. The van der Waals surface area contributed by atoms with Crippen LogP contribution in [0.4, 0.5) is 19.0 Å². The summed E-state index contributed by atoms with van der Waals surface area (Å²) in [7, 11) is 0. The lowest BCUT2D eigenvalue weighted by Crippen LogP contribution is -2.27. The SMILES string of the molecule is FC(F)(F)[C@H](CNc1cnccn1)c1ccccc1. The third-order valence-electron chi connectivity index (χ3n) is 2.65. The van der Waals surface area contributed by atoms with Crippen LogP contribution in [0.15, 0.2) is 48.9 Å². The van der Waals surface area contributed by atoms with Crippen LogP contribution in [0.3, 0.4) is 0 Å². The number of alkyl halides is 3. The highest BCUT2D eigenvalue weighted by Gasteiger charge is 2.40. The van der Waals surface area contributed by atoms with Crippen LogP contribution in [0.25, 0.3) is 0 Å². The first kappa shape index (κ1) is 13.3. The minimum absolute atomic E-state index is 0.228. The molecule has 6 heteroatoms. The number of benzene rings is 1. The molecule has 1 atom stereocenters. The summed E-state index contributed by atoms with van der Waals surface area (Å²) in [6.45, 7) is -0.272. The van der Waals surface area contributed by atoms with E-state index in [9.17, 15) is 13.2 Å². The molecule has 0 radical (unpaired) electrons. The highest BCUT2D eigenvalue weighted by molar-refractivity contribution is 5.32. The van der Waals surface area contributed by atoms with E-state index >= 15 is 0 Å². The van der Waals surface area contributed by atoms with Crippen molar-refractivity contribution in [2.75, 3.05) is 11.9 Å². The molecule has 2 aromatic rings. The Balaban J connectivity index is 2.12. The number of anilines is 1. The Labute approximate surface area is 108 Å². The number of nitrogens with zero attached hydrogens (tertiary/aromatic N) is 2. The third kappa shape index (κ3) is 3.67. The zero-order chi connectivity index (χ0) is 13.7. The van der Waals surface area contributed by atoms with Crippen LogP contribution in [0.5, 0.6) is 0 Å². The van der Waals surface area contributed by atoms with E-state index in [4.69, 9.17) is 0 Å². The van der Waals surface area contributed by atoms with Crippen molar-refractivity contribution in [1.82, 2.24) is 9.97 Å². The highest BCUT2D eigenvalue weighted by Crippen LogP contribution is 2.34. The molecule has 0 aliphatic heterocycles. The molecular weight excluding hydrogens is 255 g/mol. The molecule has 1 N–H and O–H groups in total. The second-order valence-electron chi connectivity index (χ2n) is 3.98. The van der Waals surface area contributed by atoms with Gasteiger partial charge in [-0.15, -0.1) is 0 Å². The molecule has 0 spiro atoms. The van der Waals surface area contributed by atoms with Crippen LogP contribution >= 0.6 is 0 Å². The predicted octanol–water partition coefficient (Wildman–Crippen LogP) is 3.23. The average molecular weight is 267 g/mol. The minimum atomic E-state index is -4.31. The molecule has 0 amide bonds. The van der Waals surface area contributed by atoms with Crippen LogP contribution in [-0.4, -0.2) is 22.7 Å². The summed E-state index contributed by atoms with van der Waals surface area (Å²) < 4.78 is 39.1. The van der Waals surface area contributed by atoms with Crippen molar-refractivity contribution >= 4 is 5.82 Å². The number of rotatable bonds is 4. The van der Waals surface area contributed by atoms with Crippen molar-refractivity contribution < 1.29 is 13.2 Å². The molecular formula is C13H12F3N3. The van der Waals surface area contributed by atoms with Gasteiger partial charge >= 0.3 is 6.18 Å². The van der Waals surface area contributed by atoms with Gasteiger partial charge in [-0.2, -0.15) is 13.2 Å². The van der Waals surface area contributed by atoms with Crippen LogP contribution < -0.4 is 5.32 Å². The largest absolute Gasteiger partial charge is 0.397 e. The molecule has 2 rings (SSSR count). The minimum Gasteiger partial charge on any atom is -0.368 e. The van der Waals surface area contributed by atoms with Gasteiger partial charge in [-0.3, -0.25) is 4.98 Å². The van der Waals surface area contributed by atoms with E-state index in [0.717, 1.165) is 0 Å². The van der Waals surface area contributed by atoms with Crippen LogP contribution in [-0.2, 0) is 0 Å². The fraction of sp³-hybridized carbons (Fsp3) is 0.231. The Hall–Kier alpha value is -2.11. The first-order chi connectivity index (χ1) is 9.07. The van der Waals surface area contributed by atoms with Gasteiger partial charge in [0.2, 0.25) is 0 Å². The van der Waals surface area contributed by atoms with Gasteiger partial charge in [0.1, 0.15) is 5.82 Å². The molecule has 0 unspecified atom stereocenters. The maximum Gasteiger partial charge on any atom is 0.397 e. The van der Waals surface area contributed by atoms with E-state index in [1.165, 1.54) is 30.7 Å². The Kier molecular flexibility index (Phi) is 3.99. The molecule has 0 aliphatic carbocycles. The first-order valence-electron chi connectivity index (χ1n) is 5.69. The fourth-order valence-electron chi connectivity index (χ4n) is 1.70. The number of hydrogen-bond donors (Lipinski definition) is 1. The lowest BCUT2D eigenvalue weighted by molar-refractivity contribution is -0.147. The quantitative estimate of drug-likeness (QED) is 0.924. The van der Waals surface area contributed by atoms with Gasteiger partial charge in [0.25, 0.3) is 0 Å². The Morgan fingerprint density at radius 2 is 1.84 bits per heavy atom. The molecule has 1 heterocycles. The number of halogens is 3. The van der Waals surface area contributed by atoms with Gasteiger partial charge in [0, 0.05) is 18.9 Å². The summed E-state index contributed by atoms with van der Waals surface area (Å²) in [4.78, 5) is 7.68. The topological polar surface area (TPSA) is 37.8 Å². The lowest BCUT2D eigenvalue weighted by Gasteiger charge is -2.21. The van der Waals surface area contributed by atoms with Crippen molar-refractivity contribution in [3.63, 3.8) is 0 Å². The molecule has 1 aromatic carbocycles. The summed E-state index contributed by atoms with van der Waals surface area (Å²) in [5.74, 6) is -1.25. The van der Waals surface area contributed by atoms with Gasteiger partial charge in [-0.05, 0) is 5.56 Å². The van der Waals surface area contributed by atoms with Crippen molar-refractivity contribution in [3.05, 3.63) is 54.5 Å². The molecule has 100 valence electrons. The average Bonchev–Trinajstić information content (AvgIpc) is 2.40. The fourth-order valence-corrected chi connectivity index (χ4v) is 1.70. The second kappa shape index (κ2) is 5.69. The summed E-state index contributed by atoms with van der Waals surface area (Å²) in [6, 6.07) is 7.81. The maximum atomic E-state index is 13.0. The molecule has 0 bridgehead atoms. The highest BCUT2D eigenvalue weighted by atomic mass is 19.4. The van der Waals surface area contributed by atoms with E-state index in [1.807, 2.05) is 0 Å². The van der Waals surface area contributed by atoms with E-state index in [2.05, 4.69) is 15.3 Å².